The predicted octanol–water partition coefficient (Wildman–Crippen LogP) is 2.32. The first-order valence-electron chi connectivity index (χ1n) is 6.87. The molecule has 3 unspecified atom stereocenters. The average Bonchev–Trinajstić information content (AvgIpc) is 2.95. The zero-order valence-corrected chi connectivity index (χ0v) is 11.2. The van der Waals surface area contributed by atoms with Crippen molar-refractivity contribution in [3.63, 3.8) is 0 Å². The standard InChI is InChI=1S/C14H23N3/c1-9-13(10(2)17(3)16-9)8-15-14-7-11-4-5-12(14)6-11/h11-12,14-15H,4-8H2,1-3H3. The molecule has 2 aliphatic carbocycles. The average molecular weight is 233 g/mol. The summed E-state index contributed by atoms with van der Waals surface area (Å²) in [6.07, 6.45) is 5.81. The van der Waals surface area contributed by atoms with Crippen LogP contribution in [0, 0.1) is 25.7 Å². The van der Waals surface area contributed by atoms with Gasteiger partial charge in [0.25, 0.3) is 0 Å². The summed E-state index contributed by atoms with van der Waals surface area (Å²) in [4.78, 5) is 0. The van der Waals surface area contributed by atoms with Gasteiger partial charge in [-0.3, -0.25) is 4.68 Å². The molecule has 94 valence electrons. The van der Waals surface area contributed by atoms with Crippen LogP contribution in [-0.2, 0) is 13.6 Å². The summed E-state index contributed by atoms with van der Waals surface area (Å²) in [5.74, 6) is 1.98. The Labute approximate surface area is 104 Å². The highest BCUT2D eigenvalue weighted by atomic mass is 15.3. The van der Waals surface area contributed by atoms with Crippen LogP contribution in [0.1, 0.15) is 42.6 Å². The van der Waals surface area contributed by atoms with Crippen LogP contribution in [0.25, 0.3) is 0 Å². The molecule has 1 N–H and O–H groups in total. The van der Waals surface area contributed by atoms with E-state index in [0.717, 1.165) is 24.4 Å². The van der Waals surface area contributed by atoms with E-state index >= 15 is 0 Å². The van der Waals surface area contributed by atoms with E-state index in [1.807, 2.05) is 11.7 Å². The highest BCUT2D eigenvalue weighted by molar-refractivity contribution is 5.24. The normalized spacial score (nSPS) is 31.4. The van der Waals surface area contributed by atoms with E-state index in [1.54, 1.807) is 0 Å². The minimum absolute atomic E-state index is 0.771. The van der Waals surface area contributed by atoms with Gasteiger partial charge in [-0.05, 0) is 44.9 Å². The Hall–Kier alpha value is -0.830. The van der Waals surface area contributed by atoms with Gasteiger partial charge >= 0.3 is 0 Å². The lowest BCUT2D eigenvalue weighted by molar-refractivity contribution is 0.350. The summed E-state index contributed by atoms with van der Waals surface area (Å²) in [7, 11) is 2.03. The first kappa shape index (κ1) is 11.3. The number of nitrogens with zero attached hydrogens (tertiary/aromatic N) is 2. The Balaban J connectivity index is 1.64. The van der Waals surface area contributed by atoms with Crippen LogP contribution >= 0.6 is 0 Å². The summed E-state index contributed by atoms with van der Waals surface area (Å²) in [5, 5.41) is 8.25. The third-order valence-electron chi connectivity index (χ3n) is 4.94. The molecule has 1 aromatic heterocycles. The smallest absolute Gasteiger partial charge is 0.0641 e. The van der Waals surface area contributed by atoms with Gasteiger partial charge in [0.05, 0.1) is 5.69 Å². The van der Waals surface area contributed by atoms with Crippen molar-refractivity contribution < 1.29 is 0 Å². The Kier molecular flexibility index (Phi) is 2.74. The second kappa shape index (κ2) is 4.13. The number of aryl methyl sites for hydroxylation is 2. The molecule has 2 aliphatic rings. The topological polar surface area (TPSA) is 29.9 Å². The van der Waals surface area contributed by atoms with E-state index in [4.69, 9.17) is 0 Å². The predicted molar refractivity (Wildman–Crippen MR) is 68.8 cm³/mol. The summed E-state index contributed by atoms with van der Waals surface area (Å²) >= 11 is 0. The van der Waals surface area contributed by atoms with E-state index in [-0.39, 0.29) is 0 Å². The lowest BCUT2D eigenvalue weighted by Crippen LogP contribution is -2.33. The molecule has 0 saturated heterocycles. The molecule has 2 saturated carbocycles. The lowest BCUT2D eigenvalue weighted by atomic mass is 9.95. The lowest BCUT2D eigenvalue weighted by Gasteiger charge is -2.23. The fourth-order valence-electron chi connectivity index (χ4n) is 3.80. The molecule has 17 heavy (non-hydrogen) atoms. The van der Waals surface area contributed by atoms with Crippen molar-refractivity contribution >= 4 is 0 Å². The highest BCUT2D eigenvalue weighted by Crippen LogP contribution is 2.44. The van der Waals surface area contributed by atoms with Gasteiger partial charge in [-0.15, -0.1) is 0 Å². The van der Waals surface area contributed by atoms with Crippen molar-refractivity contribution in [3.05, 3.63) is 17.0 Å². The van der Waals surface area contributed by atoms with Crippen molar-refractivity contribution in [1.82, 2.24) is 15.1 Å². The van der Waals surface area contributed by atoms with Crippen LogP contribution in [-0.4, -0.2) is 15.8 Å². The molecule has 0 radical (unpaired) electrons. The maximum Gasteiger partial charge on any atom is 0.0641 e. The van der Waals surface area contributed by atoms with Crippen molar-refractivity contribution in [2.75, 3.05) is 0 Å². The third-order valence-corrected chi connectivity index (χ3v) is 4.94. The maximum atomic E-state index is 4.48. The molecular weight excluding hydrogens is 210 g/mol. The van der Waals surface area contributed by atoms with Crippen LogP contribution in [0.3, 0.4) is 0 Å². The van der Waals surface area contributed by atoms with Gasteiger partial charge < -0.3 is 5.32 Å². The molecule has 0 aromatic carbocycles. The van der Waals surface area contributed by atoms with E-state index in [1.165, 1.54) is 42.6 Å². The SMILES string of the molecule is Cc1nn(C)c(C)c1CNC1CC2CCC1C2. The van der Waals surface area contributed by atoms with Gasteiger partial charge in [-0.2, -0.15) is 5.10 Å². The van der Waals surface area contributed by atoms with Gasteiger partial charge in [0, 0.05) is 30.9 Å². The van der Waals surface area contributed by atoms with Crippen molar-refractivity contribution in [3.8, 4) is 0 Å². The first-order valence-corrected chi connectivity index (χ1v) is 6.87. The van der Waals surface area contributed by atoms with Gasteiger partial charge in [-0.25, -0.2) is 0 Å². The first-order chi connectivity index (χ1) is 8.15. The number of hydrogen-bond donors (Lipinski definition) is 1. The van der Waals surface area contributed by atoms with Gasteiger partial charge in [0.1, 0.15) is 0 Å². The Morgan fingerprint density at radius 1 is 1.29 bits per heavy atom. The summed E-state index contributed by atoms with van der Waals surface area (Å²) in [6.45, 7) is 5.28. The minimum atomic E-state index is 0.771. The Morgan fingerprint density at radius 3 is 2.65 bits per heavy atom. The van der Waals surface area contributed by atoms with E-state index in [9.17, 15) is 0 Å². The van der Waals surface area contributed by atoms with Gasteiger partial charge in [-0.1, -0.05) is 6.42 Å². The van der Waals surface area contributed by atoms with Crippen LogP contribution in [0.2, 0.25) is 0 Å². The zero-order chi connectivity index (χ0) is 12.0. The number of rotatable bonds is 3. The van der Waals surface area contributed by atoms with Gasteiger partial charge in [0.2, 0.25) is 0 Å². The molecule has 1 aromatic rings. The van der Waals surface area contributed by atoms with Crippen LogP contribution < -0.4 is 5.32 Å². The number of hydrogen-bond acceptors (Lipinski definition) is 2. The quantitative estimate of drug-likeness (QED) is 0.868. The number of nitrogens with one attached hydrogen (secondary N) is 1. The van der Waals surface area contributed by atoms with Crippen LogP contribution in [0.5, 0.6) is 0 Å². The second-order valence-corrected chi connectivity index (χ2v) is 5.94. The van der Waals surface area contributed by atoms with E-state index in [0.29, 0.717) is 0 Å². The fraction of sp³-hybridized carbons (Fsp3) is 0.786. The van der Waals surface area contributed by atoms with Crippen molar-refractivity contribution in [2.24, 2.45) is 18.9 Å². The third kappa shape index (κ3) is 1.90. The summed E-state index contributed by atoms with van der Waals surface area (Å²) in [6, 6.07) is 0.771. The van der Waals surface area contributed by atoms with Crippen molar-refractivity contribution in [1.29, 1.82) is 0 Å². The fourth-order valence-corrected chi connectivity index (χ4v) is 3.80. The van der Waals surface area contributed by atoms with Crippen molar-refractivity contribution in [2.45, 2.75) is 52.1 Å². The monoisotopic (exact) mass is 233 g/mol. The molecule has 1 heterocycles. The van der Waals surface area contributed by atoms with Crippen LogP contribution in [0.15, 0.2) is 0 Å². The molecule has 2 bridgehead atoms. The Bertz CT molecular complexity index is 421. The summed E-state index contributed by atoms with van der Waals surface area (Å²) in [5.41, 5.74) is 3.88. The molecule has 3 atom stereocenters. The van der Waals surface area contributed by atoms with Gasteiger partial charge in [0.15, 0.2) is 0 Å². The van der Waals surface area contributed by atoms with E-state index < -0.39 is 0 Å². The second-order valence-electron chi connectivity index (χ2n) is 5.94. The molecule has 0 aliphatic heterocycles. The minimum Gasteiger partial charge on any atom is -0.310 e. The number of fused-ring (bicyclic) bond motifs is 2. The Morgan fingerprint density at radius 2 is 2.12 bits per heavy atom. The largest absolute Gasteiger partial charge is 0.310 e. The molecular formula is C14H23N3. The molecule has 2 fully saturated rings. The summed E-state index contributed by atoms with van der Waals surface area (Å²) < 4.78 is 1.99. The van der Waals surface area contributed by atoms with E-state index in [2.05, 4.69) is 24.3 Å². The molecule has 0 spiro atoms. The van der Waals surface area contributed by atoms with Crippen LogP contribution in [0.4, 0.5) is 0 Å². The number of aromatic nitrogens is 2. The highest BCUT2D eigenvalue weighted by Gasteiger charge is 2.39. The zero-order valence-electron chi connectivity index (χ0n) is 11.2. The molecule has 3 rings (SSSR count). The maximum absolute atomic E-state index is 4.48. The molecule has 0 amide bonds. The molecule has 3 heteroatoms. The molecule has 3 nitrogen and oxygen atoms in total.